The van der Waals surface area contributed by atoms with Gasteiger partial charge in [-0.1, -0.05) is 29.4 Å². The fourth-order valence-electron chi connectivity index (χ4n) is 4.75. The lowest BCUT2D eigenvalue weighted by molar-refractivity contribution is 0.0402. The summed E-state index contributed by atoms with van der Waals surface area (Å²) < 4.78 is 0. The first kappa shape index (κ1) is 25.8. The van der Waals surface area contributed by atoms with E-state index < -0.39 is 12.2 Å². The second-order valence-corrected chi connectivity index (χ2v) is 9.48. The lowest BCUT2D eigenvalue weighted by Gasteiger charge is -2.31. The van der Waals surface area contributed by atoms with Gasteiger partial charge in [-0.2, -0.15) is 0 Å². The average molecular weight is 497 g/mol. The fourth-order valence-corrected chi connectivity index (χ4v) is 4.75. The molecule has 2 aromatic rings. The number of piperidine rings is 1. The first-order valence-electron chi connectivity index (χ1n) is 12.7. The number of hydrogen-bond acceptors (Lipinski definition) is 7. The molecule has 2 aliphatic rings. The number of anilines is 1. The number of nitrogens with one attached hydrogen (secondary N) is 2. The predicted molar refractivity (Wildman–Crippen MR) is 139 cm³/mol. The summed E-state index contributed by atoms with van der Waals surface area (Å²) in [7, 11) is 0. The van der Waals surface area contributed by atoms with E-state index in [4.69, 9.17) is 9.94 Å². The van der Waals surface area contributed by atoms with Crippen LogP contribution in [0.2, 0.25) is 0 Å². The van der Waals surface area contributed by atoms with Crippen LogP contribution in [0.4, 0.5) is 10.5 Å². The molecule has 0 unspecified atom stereocenters. The summed E-state index contributed by atoms with van der Waals surface area (Å²) in [5, 5.41) is 40.3. The van der Waals surface area contributed by atoms with Crippen LogP contribution in [0.5, 0.6) is 5.75 Å². The first-order chi connectivity index (χ1) is 17.5. The second kappa shape index (κ2) is 12.6. The summed E-state index contributed by atoms with van der Waals surface area (Å²) in [6, 6.07) is 14.0. The average Bonchev–Trinajstić information content (AvgIpc) is 2.88. The maximum absolute atomic E-state index is 11.0. The van der Waals surface area contributed by atoms with Crippen molar-refractivity contribution in [2.75, 3.05) is 38.1 Å². The number of oxime groups is 1. The minimum absolute atomic E-state index is 0.108. The van der Waals surface area contributed by atoms with E-state index in [1.165, 1.54) is 10.5 Å². The molecule has 1 heterocycles. The van der Waals surface area contributed by atoms with Gasteiger partial charge in [-0.15, -0.1) is 0 Å². The molecule has 1 amide bonds. The van der Waals surface area contributed by atoms with E-state index >= 15 is 0 Å². The van der Waals surface area contributed by atoms with E-state index in [0.29, 0.717) is 31.4 Å². The smallest absolute Gasteiger partial charge is 0.407 e. The second-order valence-electron chi connectivity index (χ2n) is 9.48. The molecule has 1 aliphatic carbocycles. The molecule has 1 aliphatic heterocycles. The summed E-state index contributed by atoms with van der Waals surface area (Å²) in [5.41, 5.74) is 4.91. The molecule has 1 fully saturated rings. The monoisotopic (exact) mass is 496 g/mol. The Morgan fingerprint density at radius 1 is 1.14 bits per heavy atom. The van der Waals surface area contributed by atoms with Crippen molar-refractivity contribution in [1.82, 2.24) is 10.2 Å². The topological polar surface area (TPSA) is 127 Å². The van der Waals surface area contributed by atoms with Gasteiger partial charge in [0, 0.05) is 42.5 Å². The van der Waals surface area contributed by atoms with Crippen molar-refractivity contribution in [3.8, 4) is 5.75 Å². The fraction of sp³-hybridized carbons (Fsp3) is 0.481. The van der Waals surface area contributed by atoms with Crippen LogP contribution in [0, 0.1) is 0 Å². The van der Waals surface area contributed by atoms with Crippen LogP contribution in [-0.2, 0) is 17.7 Å². The van der Waals surface area contributed by atoms with Crippen molar-refractivity contribution < 1.29 is 25.0 Å². The van der Waals surface area contributed by atoms with Crippen LogP contribution in [-0.4, -0.2) is 77.0 Å². The van der Waals surface area contributed by atoms with E-state index in [0.717, 1.165) is 67.6 Å². The Kier molecular flexibility index (Phi) is 9.02. The third-order valence-corrected chi connectivity index (χ3v) is 6.80. The Bertz CT molecular complexity index is 1030. The predicted octanol–water partition coefficient (Wildman–Crippen LogP) is 3.20. The van der Waals surface area contributed by atoms with Crippen molar-refractivity contribution in [3.05, 3.63) is 59.2 Å². The zero-order valence-electron chi connectivity index (χ0n) is 20.5. The molecule has 0 radical (unpaired) electrons. The highest BCUT2D eigenvalue weighted by Gasteiger charge is 2.22. The molecular weight excluding hydrogens is 460 g/mol. The van der Waals surface area contributed by atoms with Crippen LogP contribution < -0.4 is 10.6 Å². The normalized spacial score (nSPS) is 18.0. The Morgan fingerprint density at radius 2 is 1.92 bits per heavy atom. The van der Waals surface area contributed by atoms with Gasteiger partial charge in [0.05, 0.1) is 5.71 Å². The zero-order valence-corrected chi connectivity index (χ0v) is 20.5. The van der Waals surface area contributed by atoms with Crippen LogP contribution in [0.3, 0.4) is 0 Å². The minimum Gasteiger partial charge on any atom is -0.508 e. The number of fused-ring (bicyclic) bond motifs is 1. The van der Waals surface area contributed by atoms with E-state index in [2.05, 4.69) is 40.1 Å². The number of carboxylic acid groups (broad SMARTS) is 1. The van der Waals surface area contributed by atoms with Crippen molar-refractivity contribution in [2.45, 2.75) is 50.7 Å². The molecule has 1 atom stereocenters. The standard InChI is InChI=1S/C27H36N4O5/c32-22(18-36-30-25-5-1-4-24-23(25)3-2-6-26(24)33)17-28-14-11-19-7-9-20(10-8-19)29-21-12-15-31(16-13-21)27(34)35/h2-3,6-10,21-22,28-29,32-33H,1,4-5,11-18H2,(H,34,35)/b30-25-/t22-/m0/s1. The summed E-state index contributed by atoms with van der Waals surface area (Å²) in [6.45, 7) is 2.39. The van der Waals surface area contributed by atoms with E-state index in [9.17, 15) is 15.0 Å². The number of aliphatic hydroxyl groups is 1. The molecule has 36 heavy (non-hydrogen) atoms. The summed E-state index contributed by atoms with van der Waals surface area (Å²) in [5.74, 6) is 0.299. The molecule has 5 N–H and O–H groups in total. The van der Waals surface area contributed by atoms with Gasteiger partial charge in [-0.3, -0.25) is 0 Å². The molecule has 2 aromatic carbocycles. The van der Waals surface area contributed by atoms with Gasteiger partial charge >= 0.3 is 6.09 Å². The lowest BCUT2D eigenvalue weighted by atomic mass is 9.89. The molecule has 1 saturated heterocycles. The van der Waals surface area contributed by atoms with Gasteiger partial charge < -0.3 is 35.7 Å². The molecule has 0 bridgehead atoms. The van der Waals surface area contributed by atoms with Gasteiger partial charge in [0.25, 0.3) is 0 Å². The first-order valence-corrected chi connectivity index (χ1v) is 12.7. The van der Waals surface area contributed by atoms with Gasteiger partial charge in [0.2, 0.25) is 0 Å². The number of phenols is 1. The largest absolute Gasteiger partial charge is 0.508 e. The number of aliphatic hydroxyl groups excluding tert-OH is 1. The van der Waals surface area contributed by atoms with Crippen molar-refractivity contribution in [1.29, 1.82) is 0 Å². The van der Waals surface area contributed by atoms with Crippen molar-refractivity contribution in [2.24, 2.45) is 5.16 Å². The van der Waals surface area contributed by atoms with Gasteiger partial charge in [0.15, 0.2) is 0 Å². The Hall–Kier alpha value is -3.30. The Balaban J connectivity index is 1.12. The maximum atomic E-state index is 11.0. The number of nitrogens with zero attached hydrogens (tertiary/aromatic N) is 2. The van der Waals surface area contributed by atoms with Crippen molar-refractivity contribution in [3.63, 3.8) is 0 Å². The quantitative estimate of drug-likeness (QED) is 0.253. The number of rotatable bonds is 10. The molecule has 0 saturated carbocycles. The van der Waals surface area contributed by atoms with Crippen LogP contribution in [0.25, 0.3) is 0 Å². The molecule has 4 rings (SSSR count). The molecule has 9 nitrogen and oxygen atoms in total. The number of carbonyl (C=O) groups is 1. The highest BCUT2D eigenvalue weighted by atomic mass is 16.6. The number of amides is 1. The van der Waals surface area contributed by atoms with E-state index in [1.54, 1.807) is 6.07 Å². The molecule has 0 aromatic heterocycles. The SMILES string of the molecule is O=C(O)N1CCC(Nc2ccc(CCNC[C@H](O)CO/N=C3/CCCc4c(O)cccc43)cc2)CC1. The number of likely N-dealkylation sites (tertiary alicyclic amines) is 1. The van der Waals surface area contributed by atoms with Gasteiger partial charge in [-0.25, -0.2) is 4.79 Å². The number of phenolic OH excluding ortho intramolecular Hbond substituents is 1. The third-order valence-electron chi connectivity index (χ3n) is 6.80. The van der Waals surface area contributed by atoms with Crippen LogP contribution in [0.15, 0.2) is 47.6 Å². The molecule has 0 spiro atoms. The summed E-state index contributed by atoms with van der Waals surface area (Å²) in [6.07, 6.45) is 3.51. The highest BCUT2D eigenvalue weighted by molar-refractivity contribution is 6.02. The Morgan fingerprint density at radius 3 is 2.67 bits per heavy atom. The zero-order chi connectivity index (χ0) is 25.3. The number of benzene rings is 2. The van der Waals surface area contributed by atoms with Gasteiger partial charge in [0.1, 0.15) is 18.5 Å². The lowest BCUT2D eigenvalue weighted by Crippen LogP contribution is -2.41. The van der Waals surface area contributed by atoms with Gasteiger partial charge in [-0.05, 0) is 68.8 Å². The Labute approximate surface area is 211 Å². The number of aromatic hydroxyl groups is 1. The van der Waals surface area contributed by atoms with Crippen LogP contribution in [0.1, 0.15) is 42.4 Å². The number of hydrogen-bond donors (Lipinski definition) is 5. The summed E-state index contributed by atoms with van der Waals surface area (Å²) >= 11 is 0. The maximum Gasteiger partial charge on any atom is 0.407 e. The third kappa shape index (κ3) is 7.11. The molecule has 9 heteroatoms. The van der Waals surface area contributed by atoms with E-state index in [1.807, 2.05) is 12.1 Å². The highest BCUT2D eigenvalue weighted by Crippen LogP contribution is 2.29. The van der Waals surface area contributed by atoms with Crippen LogP contribution >= 0.6 is 0 Å². The minimum atomic E-state index is -0.840. The molecular formula is C27H36N4O5. The summed E-state index contributed by atoms with van der Waals surface area (Å²) in [4.78, 5) is 17.9. The molecule has 194 valence electrons. The van der Waals surface area contributed by atoms with E-state index in [-0.39, 0.29) is 6.61 Å². The van der Waals surface area contributed by atoms with Crippen molar-refractivity contribution >= 4 is 17.5 Å².